The number of hydrogen-bond acceptors (Lipinski definition) is 7. The zero-order chi connectivity index (χ0) is 22.0. The van der Waals surface area contributed by atoms with E-state index in [0.29, 0.717) is 11.5 Å². The van der Waals surface area contributed by atoms with Crippen molar-refractivity contribution < 1.29 is 14.6 Å². The van der Waals surface area contributed by atoms with Crippen molar-refractivity contribution in [3.63, 3.8) is 0 Å². The van der Waals surface area contributed by atoms with Gasteiger partial charge in [0.15, 0.2) is 0 Å². The van der Waals surface area contributed by atoms with Gasteiger partial charge < -0.3 is 14.6 Å². The highest BCUT2D eigenvalue weighted by atomic mass is 16.5. The lowest BCUT2D eigenvalue weighted by Gasteiger charge is -2.17. The van der Waals surface area contributed by atoms with Gasteiger partial charge >= 0.3 is 0 Å². The molecule has 0 saturated carbocycles. The Morgan fingerprint density at radius 1 is 1.10 bits per heavy atom. The van der Waals surface area contributed by atoms with Crippen molar-refractivity contribution in [1.82, 2.24) is 24.5 Å². The zero-order valence-electron chi connectivity index (χ0n) is 17.5. The monoisotopic (exact) mass is 421 g/mol. The molecule has 31 heavy (non-hydrogen) atoms. The second kappa shape index (κ2) is 8.19. The van der Waals surface area contributed by atoms with E-state index < -0.39 is 5.60 Å². The Bertz CT molecular complexity index is 1270. The Morgan fingerprint density at radius 3 is 2.65 bits per heavy atom. The SMILES string of the molecule is Cn1cc(-n2ccc(=O)c(COc3ccc4ncc(OCC(C)(C)O)cc4c3)n2)cn1. The summed E-state index contributed by atoms with van der Waals surface area (Å²) in [5.41, 5.74) is 0.668. The van der Waals surface area contributed by atoms with Gasteiger partial charge in [0.2, 0.25) is 5.43 Å². The molecule has 0 unspecified atom stereocenters. The predicted molar refractivity (Wildman–Crippen MR) is 114 cm³/mol. The largest absolute Gasteiger partial charge is 0.489 e. The van der Waals surface area contributed by atoms with Crippen LogP contribution in [0, 0.1) is 0 Å². The van der Waals surface area contributed by atoms with Gasteiger partial charge in [0.25, 0.3) is 0 Å². The van der Waals surface area contributed by atoms with Crippen molar-refractivity contribution in [2.75, 3.05) is 6.61 Å². The summed E-state index contributed by atoms with van der Waals surface area (Å²) in [7, 11) is 1.81. The molecule has 1 N–H and O–H groups in total. The first kappa shape index (κ1) is 20.5. The maximum Gasteiger partial charge on any atom is 0.206 e. The average molecular weight is 421 g/mol. The third kappa shape index (κ3) is 5.07. The van der Waals surface area contributed by atoms with Crippen molar-refractivity contribution in [2.45, 2.75) is 26.1 Å². The Kier molecular flexibility index (Phi) is 5.43. The van der Waals surface area contributed by atoms with E-state index in [1.807, 2.05) is 25.2 Å². The van der Waals surface area contributed by atoms with Crippen LogP contribution in [0.5, 0.6) is 11.5 Å². The van der Waals surface area contributed by atoms with Crippen LogP contribution >= 0.6 is 0 Å². The molecule has 0 aliphatic heterocycles. The van der Waals surface area contributed by atoms with Crippen molar-refractivity contribution in [3.8, 4) is 17.2 Å². The summed E-state index contributed by atoms with van der Waals surface area (Å²) < 4.78 is 14.7. The van der Waals surface area contributed by atoms with E-state index >= 15 is 0 Å². The highest BCUT2D eigenvalue weighted by Crippen LogP contribution is 2.24. The topological polar surface area (TPSA) is 104 Å². The number of ether oxygens (including phenoxy) is 2. The van der Waals surface area contributed by atoms with Gasteiger partial charge in [-0.2, -0.15) is 10.2 Å². The number of aryl methyl sites for hydroxylation is 1. The van der Waals surface area contributed by atoms with Gasteiger partial charge in [0.1, 0.15) is 36.1 Å². The van der Waals surface area contributed by atoms with Crippen molar-refractivity contribution in [2.24, 2.45) is 7.05 Å². The molecular weight excluding hydrogens is 398 g/mol. The molecule has 3 heterocycles. The first-order valence-electron chi connectivity index (χ1n) is 9.72. The van der Waals surface area contributed by atoms with E-state index in [-0.39, 0.29) is 24.3 Å². The molecule has 0 saturated heterocycles. The molecule has 3 aromatic heterocycles. The van der Waals surface area contributed by atoms with Crippen molar-refractivity contribution in [3.05, 3.63) is 71.0 Å². The molecule has 1 aromatic carbocycles. The van der Waals surface area contributed by atoms with Gasteiger partial charge in [0.05, 0.1) is 29.7 Å². The van der Waals surface area contributed by atoms with Gasteiger partial charge in [0, 0.05) is 24.7 Å². The normalized spacial score (nSPS) is 11.6. The molecule has 160 valence electrons. The maximum atomic E-state index is 12.2. The highest BCUT2D eigenvalue weighted by molar-refractivity contribution is 5.81. The Morgan fingerprint density at radius 2 is 1.90 bits per heavy atom. The minimum Gasteiger partial charge on any atom is -0.489 e. The fraction of sp³-hybridized carbons (Fsp3) is 0.273. The van der Waals surface area contributed by atoms with E-state index in [9.17, 15) is 9.90 Å². The number of hydrogen-bond donors (Lipinski definition) is 1. The second-order valence-electron chi connectivity index (χ2n) is 7.86. The molecule has 0 aliphatic carbocycles. The predicted octanol–water partition coefficient (Wildman–Crippen LogP) is 2.24. The fourth-order valence-corrected chi connectivity index (χ4v) is 2.89. The third-order valence-corrected chi connectivity index (χ3v) is 4.43. The molecule has 9 nitrogen and oxygen atoms in total. The summed E-state index contributed by atoms with van der Waals surface area (Å²) >= 11 is 0. The Labute approximate surface area is 178 Å². The lowest BCUT2D eigenvalue weighted by atomic mass is 10.1. The fourth-order valence-electron chi connectivity index (χ4n) is 2.89. The third-order valence-electron chi connectivity index (χ3n) is 4.43. The lowest BCUT2D eigenvalue weighted by Crippen LogP contribution is -2.27. The van der Waals surface area contributed by atoms with Crippen LogP contribution in [0.1, 0.15) is 19.5 Å². The quantitative estimate of drug-likeness (QED) is 0.488. The summed E-state index contributed by atoms with van der Waals surface area (Å²) in [5.74, 6) is 1.13. The first-order valence-corrected chi connectivity index (χ1v) is 9.72. The number of pyridine rings is 1. The molecule has 0 radical (unpaired) electrons. The number of nitrogens with zero attached hydrogens (tertiary/aromatic N) is 5. The van der Waals surface area contributed by atoms with E-state index in [2.05, 4.69) is 15.2 Å². The Hall–Kier alpha value is -3.72. The molecule has 0 bridgehead atoms. The van der Waals surface area contributed by atoms with Crippen LogP contribution in [0.15, 0.2) is 59.9 Å². The van der Waals surface area contributed by atoms with Crippen molar-refractivity contribution in [1.29, 1.82) is 0 Å². The van der Waals surface area contributed by atoms with Gasteiger partial charge in [-0.05, 0) is 38.1 Å². The molecule has 0 spiro atoms. The lowest BCUT2D eigenvalue weighted by molar-refractivity contribution is 0.0284. The summed E-state index contributed by atoms with van der Waals surface area (Å²) in [5, 5.41) is 19.1. The maximum absolute atomic E-state index is 12.2. The number of benzene rings is 1. The van der Waals surface area contributed by atoms with E-state index in [4.69, 9.17) is 9.47 Å². The molecule has 0 amide bonds. The number of aromatic nitrogens is 5. The minimum atomic E-state index is -0.939. The van der Waals surface area contributed by atoms with Crippen LogP contribution in [0.4, 0.5) is 0 Å². The Balaban J connectivity index is 1.51. The van der Waals surface area contributed by atoms with Crippen LogP contribution in [0.2, 0.25) is 0 Å². The zero-order valence-corrected chi connectivity index (χ0v) is 17.5. The summed E-state index contributed by atoms with van der Waals surface area (Å²) in [6, 6.07) is 8.72. The van der Waals surface area contributed by atoms with E-state index in [0.717, 1.165) is 16.6 Å². The molecule has 4 rings (SSSR count). The van der Waals surface area contributed by atoms with Crippen LogP contribution in [-0.4, -0.2) is 41.9 Å². The number of fused-ring (bicyclic) bond motifs is 1. The summed E-state index contributed by atoms with van der Waals surface area (Å²) in [6.45, 7) is 3.52. The first-order chi connectivity index (χ1) is 14.8. The standard InChI is InChI=1S/C22H23N5O4/c1-22(2,29)14-31-18-9-15-8-17(4-5-19(15)23-11-18)30-13-20-21(28)6-7-27(25-20)16-10-24-26(3)12-16/h4-12,29H,13-14H2,1-3H3. The highest BCUT2D eigenvalue weighted by Gasteiger charge is 2.14. The van der Waals surface area contributed by atoms with Crippen LogP contribution in [-0.2, 0) is 13.7 Å². The number of aliphatic hydroxyl groups is 1. The summed E-state index contributed by atoms with van der Waals surface area (Å²) in [4.78, 5) is 16.6. The van der Waals surface area contributed by atoms with Crippen molar-refractivity contribution >= 4 is 10.9 Å². The van der Waals surface area contributed by atoms with Crippen LogP contribution in [0.25, 0.3) is 16.6 Å². The second-order valence-corrected chi connectivity index (χ2v) is 7.86. The van der Waals surface area contributed by atoms with Crippen LogP contribution in [0.3, 0.4) is 0 Å². The van der Waals surface area contributed by atoms with Gasteiger partial charge in [-0.1, -0.05) is 0 Å². The van der Waals surface area contributed by atoms with E-state index in [1.165, 1.54) is 6.07 Å². The molecule has 0 atom stereocenters. The molecule has 0 fully saturated rings. The molecular formula is C22H23N5O4. The molecule has 4 aromatic rings. The minimum absolute atomic E-state index is 0.0216. The van der Waals surface area contributed by atoms with Gasteiger partial charge in [-0.15, -0.1) is 0 Å². The van der Waals surface area contributed by atoms with Gasteiger partial charge in [-0.3, -0.25) is 14.5 Å². The van der Waals surface area contributed by atoms with Gasteiger partial charge in [-0.25, -0.2) is 4.68 Å². The number of rotatable bonds is 7. The van der Waals surface area contributed by atoms with E-state index in [1.54, 1.807) is 54.1 Å². The smallest absolute Gasteiger partial charge is 0.206 e. The summed E-state index contributed by atoms with van der Waals surface area (Å²) in [6.07, 6.45) is 6.68. The van der Waals surface area contributed by atoms with Crippen LogP contribution < -0.4 is 14.9 Å². The average Bonchev–Trinajstić information content (AvgIpc) is 3.17. The molecule has 0 aliphatic rings. The molecule has 9 heteroatoms.